The third kappa shape index (κ3) is 2.85. The number of aromatic nitrogens is 1. The van der Waals surface area contributed by atoms with Crippen LogP contribution < -0.4 is 5.32 Å². The fraction of sp³-hybridized carbons (Fsp3) is 0.786. The minimum Gasteiger partial charge on any atom is -0.312 e. The van der Waals surface area contributed by atoms with Crippen molar-refractivity contribution in [2.24, 2.45) is 0 Å². The molecule has 0 spiro atoms. The number of hydrogen-bond donors (Lipinski definition) is 1. The molecular formula is C14H22N2S3. The molecule has 0 radical (unpaired) electrons. The maximum atomic E-state index is 5.01. The average Bonchev–Trinajstić information content (AvgIpc) is 2.85. The maximum absolute atomic E-state index is 5.01. The van der Waals surface area contributed by atoms with Gasteiger partial charge in [0.2, 0.25) is 0 Å². The Balaban J connectivity index is 1.81. The van der Waals surface area contributed by atoms with Crippen molar-refractivity contribution in [1.29, 1.82) is 0 Å². The third-order valence-corrected chi connectivity index (χ3v) is 8.94. The van der Waals surface area contributed by atoms with E-state index in [1.165, 1.54) is 40.6 Å². The molecule has 1 N–H and O–H groups in total. The first-order valence-electron chi connectivity index (χ1n) is 7.13. The van der Waals surface area contributed by atoms with Gasteiger partial charge in [0, 0.05) is 21.1 Å². The molecular weight excluding hydrogens is 292 g/mol. The number of fused-ring (bicyclic) bond motifs is 1. The molecule has 0 aromatic carbocycles. The summed E-state index contributed by atoms with van der Waals surface area (Å²) in [5, 5.41) is 6.94. The third-order valence-electron chi connectivity index (χ3n) is 4.15. The smallest absolute Gasteiger partial charge is 0.107 e. The molecule has 4 unspecified atom stereocenters. The Labute approximate surface area is 128 Å². The van der Waals surface area contributed by atoms with Crippen LogP contribution in [0.15, 0.2) is 0 Å². The van der Waals surface area contributed by atoms with Gasteiger partial charge in [0.1, 0.15) is 5.01 Å². The molecule has 2 nitrogen and oxygen atoms in total. The lowest BCUT2D eigenvalue weighted by molar-refractivity contribution is 0.489. The van der Waals surface area contributed by atoms with Crippen molar-refractivity contribution in [2.45, 2.75) is 54.9 Å². The van der Waals surface area contributed by atoms with Crippen LogP contribution in [-0.4, -0.2) is 28.3 Å². The molecule has 2 aliphatic rings. The maximum Gasteiger partial charge on any atom is 0.107 e. The van der Waals surface area contributed by atoms with Crippen molar-refractivity contribution < 1.29 is 0 Å². The topological polar surface area (TPSA) is 24.9 Å². The monoisotopic (exact) mass is 314 g/mol. The highest BCUT2D eigenvalue weighted by molar-refractivity contribution is 8.07. The van der Waals surface area contributed by atoms with Crippen molar-refractivity contribution in [1.82, 2.24) is 10.3 Å². The van der Waals surface area contributed by atoms with Crippen LogP contribution >= 0.6 is 34.9 Å². The molecule has 1 aromatic rings. The minimum absolute atomic E-state index is 0.492. The van der Waals surface area contributed by atoms with Gasteiger partial charge in [-0.3, -0.25) is 0 Å². The molecule has 1 fully saturated rings. The van der Waals surface area contributed by atoms with Gasteiger partial charge in [0.25, 0.3) is 0 Å². The summed E-state index contributed by atoms with van der Waals surface area (Å²) in [5.74, 6) is 1.23. The summed E-state index contributed by atoms with van der Waals surface area (Å²) in [5.41, 5.74) is 1.35. The predicted octanol–water partition coefficient (Wildman–Crippen LogP) is 4.04. The Kier molecular flexibility index (Phi) is 4.47. The number of aryl methyl sites for hydroxylation is 1. The first-order valence-corrected chi connectivity index (χ1v) is 9.93. The zero-order valence-electron chi connectivity index (χ0n) is 11.8. The summed E-state index contributed by atoms with van der Waals surface area (Å²) in [6, 6.07) is 0.492. The summed E-state index contributed by atoms with van der Waals surface area (Å²) in [6.45, 7) is 4.71. The van der Waals surface area contributed by atoms with Gasteiger partial charge in [-0.15, -0.1) is 23.1 Å². The Hall–Kier alpha value is 0.290. The summed E-state index contributed by atoms with van der Waals surface area (Å²) in [6.07, 6.45) is 3.79. The van der Waals surface area contributed by atoms with E-state index in [-0.39, 0.29) is 0 Å². The highest BCUT2D eigenvalue weighted by atomic mass is 32.2. The predicted molar refractivity (Wildman–Crippen MR) is 88.6 cm³/mol. The van der Waals surface area contributed by atoms with Gasteiger partial charge in [0.05, 0.1) is 17.0 Å². The van der Waals surface area contributed by atoms with E-state index >= 15 is 0 Å². The van der Waals surface area contributed by atoms with Crippen LogP contribution in [0.2, 0.25) is 0 Å². The number of nitrogens with one attached hydrogen (secondary N) is 1. The zero-order chi connectivity index (χ0) is 13.4. The lowest BCUT2D eigenvalue weighted by Crippen LogP contribution is -2.22. The summed E-state index contributed by atoms with van der Waals surface area (Å²) in [7, 11) is 2.06. The van der Waals surface area contributed by atoms with E-state index in [1.54, 1.807) is 0 Å². The van der Waals surface area contributed by atoms with E-state index in [2.05, 4.69) is 49.7 Å². The zero-order valence-corrected chi connectivity index (χ0v) is 14.3. The molecule has 106 valence electrons. The minimum atomic E-state index is 0.492. The Morgan fingerprint density at radius 1 is 1.26 bits per heavy atom. The number of nitrogens with zero attached hydrogens (tertiary/aromatic N) is 1. The number of hydrogen-bond acceptors (Lipinski definition) is 5. The molecule has 1 aliphatic heterocycles. The summed E-state index contributed by atoms with van der Waals surface area (Å²) in [4.78, 5) is 6.55. The number of thiazole rings is 1. The SMILES string of the molecule is CNC1CCCc2sc(C3CSC(C)C(C)S3)nc21. The molecule has 3 rings (SSSR count). The van der Waals surface area contributed by atoms with Crippen molar-refractivity contribution in [3.05, 3.63) is 15.6 Å². The van der Waals surface area contributed by atoms with E-state index in [4.69, 9.17) is 4.98 Å². The van der Waals surface area contributed by atoms with Gasteiger partial charge >= 0.3 is 0 Å². The standard InChI is InChI=1S/C14H22N2S3/c1-8-9(2)18-12(7-17-8)14-16-13-10(15-3)5-4-6-11(13)19-14/h8-10,12,15H,4-7H2,1-3H3. The lowest BCUT2D eigenvalue weighted by atomic mass is 9.98. The van der Waals surface area contributed by atoms with Gasteiger partial charge in [-0.05, 0) is 26.3 Å². The molecule has 2 heterocycles. The summed E-state index contributed by atoms with van der Waals surface area (Å²) >= 11 is 6.22. The van der Waals surface area contributed by atoms with E-state index in [0.717, 1.165) is 10.5 Å². The van der Waals surface area contributed by atoms with Crippen LogP contribution in [0.1, 0.15) is 53.6 Å². The molecule has 4 atom stereocenters. The van der Waals surface area contributed by atoms with Gasteiger partial charge in [-0.25, -0.2) is 4.98 Å². The fourth-order valence-corrected chi connectivity index (χ4v) is 7.13. The highest BCUT2D eigenvalue weighted by Crippen LogP contribution is 2.47. The van der Waals surface area contributed by atoms with Crippen LogP contribution in [0.5, 0.6) is 0 Å². The van der Waals surface area contributed by atoms with E-state index in [9.17, 15) is 0 Å². The van der Waals surface area contributed by atoms with Crippen molar-refractivity contribution in [3.8, 4) is 0 Å². The Morgan fingerprint density at radius 3 is 2.84 bits per heavy atom. The fourth-order valence-electron chi connectivity index (χ4n) is 2.77. The molecule has 0 bridgehead atoms. The van der Waals surface area contributed by atoms with Crippen molar-refractivity contribution >= 4 is 34.9 Å². The second-order valence-electron chi connectivity index (χ2n) is 5.46. The second-order valence-corrected chi connectivity index (χ2v) is 9.57. The first-order chi connectivity index (χ1) is 9.19. The summed E-state index contributed by atoms with van der Waals surface area (Å²) < 4.78 is 0. The molecule has 19 heavy (non-hydrogen) atoms. The Morgan fingerprint density at radius 2 is 2.11 bits per heavy atom. The number of thioether (sulfide) groups is 2. The molecule has 0 saturated carbocycles. The van der Waals surface area contributed by atoms with Gasteiger partial charge in [-0.2, -0.15) is 11.8 Å². The number of rotatable bonds is 2. The van der Waals surface area contributed by atoms with Crippen LogP contribution in [0, 0.1) is 0 Å². The molecule has 1 aromatic heterocycles. The largest absolute Gasteiger partial charge is 0.312 e. The second kappa shape index (κ2) is 5.96. The van der Waals surface area contributed by atoms with Crippen molar-refractivity contribution in [2.75, 3.05) is 12.8 Å². The molecule has 1 saturated heterocycles. The van der Waals surface area contributed by atoms with Crippen LogP contribution in [-0.2, 0) is 6.42 Å². The van der Waals surface area contributed by atoms with E-state index < -0.39 is 0 Å². The lowest BCUT2D eigenvalue weighted by Gasteiger charge is -2.30. The average molecular weight is 315 g/mol. The van der Waals surface area contributed by atoms with Crippen LogP contribution in [0.25, 0.3) is 0 Å². The van der Waals surface area contributed by atoms with Crippen molar-refractivity contribution in [3.63, 3.8) is 0 Å². The molecule has 1 aliphatic carbocycles. The first kappa shape index (κ1) is 14.2. The molecule has 5 heteroatoms. The highest BCUT2D eigenvalue weighted by Gasteiger charge is 2.31. The van der Waals surface area contributed by atoms with E-state index in [1.807, 2.05) is 11.3 Å². The quantitative estimate of drug-likeness (QED) is 0.890. The van der Waals surface area contributed by atoms with Crippen LogP contribution in [0.4, 0.5) is 0 Å². The van der Waals surface area contributed by atoms with Gasteiger partial charge in [-0.1, -0.05) is 13.8 Å². The van der Waals surface area contributed by atoms with Gasteiger partial charge < -0.3 is 5.32 Å². The van der Waals surface area contributed by atoms with Gasteiger partial charge in [0.15, 0.2) is 0 Å². The van der Waals surface area contributed by atoms with E-state index in [0.29, 0.717) is 11.3 Å². The van der Waals surface area contributed by atoms with Crippen LogP contribution in [0.3, 0.4) is 0 Å². The molecule has 0 amide bonds. The Bertz CT molecular complexity index is 446. The normalized spacial score (nSPS) is 35.1.